The molecule has 106 valence electrons. The zero-order valence-corrected chi connectivity index (χ0v) is 11.6. The van der Waals surface area contributed by atoms with Crippen LogP contribution in [0.25, 0.3) is 0 Å². The Kier molecular flexibility index (Phi) is 3.88. The number of imide groups is 1. The maximum atomic E-state index is 12.2. The topological polar surface area (TPSA) is 74.7 Å². The third-order valence-corrected chi connectivity index (χ3v) is 3.61. The smallest absolute Gasteiger partial charge is 0.303 e. The van der Waals surface area contributed by atoms with Crippen LogP contribution >= 0.6 is 0 Å². The Morgan fingerprint density at radius 2 is 1.55 bits per heavy atom. The van der Waals surface area contributed by atoms with E-state index >= 15 is 0 Å². The first-order valence-electron chi connectivity index (χ1n) is 6.61. The number of amides is 2. The second-order valence-electron chi connectivity index (χ2n) is 5.09. The number of aliphatic carboxylic acids is 1. The minimum atomic E-state index is -0.862. The largest absolute Gasteiger partial charge is 0.481 e. The van der Waals surface area contributed by atoms with Crippen molar-refractivity contribution < 1.29 is 19.5 Å². The number of nitrogens with zero attached hydrogens (tertiary/aromatic N) is 1. The summed E-state index contributed by atoms with van der Waals surface area (Å²) in [6, 6.07) is 3.50. The molecule has 0 unspecified atom stereocenters. The molecule has 20 heavy (non-hydrogen) atoms. The lowest BCUT2D eigenvalue weighted by molar-refractivity contribution is -0.137. The van der Waals surface area contributed by atoms with Crippen molar-refractivity contribution in [1.29, 1.82) is 0 Å². The molecule has 2 amide bonds. The molecule has 0 radical (unpaired) electrons. The molecule has 0 saturated heterocycles. The maximum absolute atomic E-state index is 12.2. The molecule has 0 aromatic heterocycles. The van der Waals surface area contributed by atoms with Gasteiger partial charge in [-0.3, -0.25) is 19.3 Å². The number of carbonyl (C=O) groups is 3. The van der Waals surface area contributed by atoms with Crippen molar-refractivity contribution in [2.75, 3.05) is 6.54 Å². The Morgan fingerprint density at radius 3 is 2.00 bits per heavy atom. The highest BCUT2D eigenvalue weighted by molar-refractivity contribution is 6.21. The fraction of sp³-hybridized carbons (Fsp3) is 0.400. The van der Waals surface area contributed by atoms with Gasteiger partial charge in [-0.15, -0.1) is 0 Å². The summed E-state index contributed by atoms with van der Waals surface area (Å²) in [6.07, 6.45) is 1.03. The van der Waals surface area contributed by atoms with E-state index in [2.05, 4.69) is 0 Å². The Bertz CT molecular complexity index is 551. The second-order valence-corrected chi connectivity index (χ2v) is 5.09. The summed E-state index contributed by atoms with van der Waals surface area (Å²) in [7, 11) is 0. The van der Waals surface area contributed by atoms with Gasteiger partial charge in [0.05, 0.1) is 11.1 Å². The molecule has 1 aromatic rings. The number of benzene rings is 1. The van der Waals surface area contributed by atoms with E-state index in [1.54, 1.807) is 12.1 Å². The number of carbonyl (C=O) groups excluding carboxylic acids is 2. The number of aryl methyl sites for hydroxylation is 2. The lowest BCUT2D eigenvalue weighted by atomic mass is 10.0. The van der Waals surface area contributed by atoms with Crippen molar-refractivity contribution in [3.63, 3.8) is 0 Å². The van der Waals surface area contributed by atoms with Gasteiger partial charge in [0.1, 0.15) is 0 Å². The third kappa shape index (κ3) is 2.57. The van der Waals surface area contributed by atoms with Gasteiger partial charge in [-0.25, -0.2) is 0 Å². The van der Waals surface area contributed by atoms with Crippen LogP contribution in [0.4, 0.5) is 0 Å². The average Bonchev–Trinajstić information content (AvgIpc) is 2.60. The lowest BCUT2D eigenvalue weighted by Crippen LogP contribution is -2.30. The van der Waals surface area contributed by atoms with E-state index in [-0.39, 0.29) is 24.8 Å². The molecular formula is C15H17NO4. The fourth-order valence-electron chi connectivity index (χ4n) is 2.30. The van der Waals surface area contributed by atoms with Crippen LogP contribution in [-0.4, -0.2) is 34.3 Å². The van der Waals surface area contributed by atoms with Crippen LogP contribution in [-0.2, 0) is 4.79 Å². The molecule has 0 spiro atoms. The van der Waals surface area contributed by atoms with Crippen LogP contribution in [0.1, 0.15) is 51.1 Å². The standard InChI is InChI=1S/C15H17NO4/c1-9-7-11-12(8-10(9)2)15(20)16(14(11)19)6-4-3-5-13(17)18/h7-8H,3-6H2,1-2H3,(H,17,18). The monoisotopic (exact) mass is 275 g/mol. The quantitative estimate of drug-likeness (QED) is 0.660. The first-order valence-corrected chi connectivity index (χ1v) is 6.61. The Hall–Kier alpha value is -2.17. The van der Waals surface area contributed by atoms with Crippen molar-refractivity contribution in [2.45, 2.75) is 33.1 Å². The second kappa shape index (κ2) is 5.45. The molecule has 0 saturated carbocycles. The van der Waals surface area contributed by atoms with Gasteiger partial charge in [0.25, 0.3) is 11.8 Å². The van der Waals surface area contributed by atoms with Gasteiger partial charge in [0.2, 0.25) is 0 Å². The van der Waals surface area contributed by atoms with Crippen LogP contribution in [0.3, 0.4) is 0 Å². The van der Waals surface area contributed by atoms with Crippen LogP contribution in [0.5, 0.6) is 0 Å². The minimum Gasteiger partial charge on any atom is -0.481 e. The summed E-state index contributed by atoms with van der Waals surface area (Å²) in [4.78, 5) is 36.0. The molecular weight excluding hydrogens is 258 g/mol. The van der Waals surface area contributed by atoms with Crippen molar-refractivity contribution in [1.82, 2.24) is 4.90 Å². The number of carboxylic acid groups (broad SMARTS) is 1. The van der Waals surface area contributed by atoms with Crippen LogP contribution < -0.4 is 0 Å². The van der Waals surface area contributed by atoms with Gasteiger partial charge < -0.3 is 5.11 Å². The van der Waals surface area contributed by atoms with E-state index in [0.29, 0.717) is 24.0 Å². The van der Waals surface area contributed by atoms with E-state index in [0.717, 1.165) is 11.1 Å². The summed E-state index contributed by atoms with van der Waals surface area (Å²) >= 11 is 0. The summed E-state index contributed by atoms with van der Waals surface area (Å²) in [5.41, 5.74) is 2.88. The van der Waals surface area contributed by atoms with E-state index in [9.17, 15) is 14.4 Å². The number of hydrogen-bond acceptors (Lipinski definition) is 3. The number of carboxylic acids is 1. The first-order chi connectivity index (χ1) is 9.41. The third-order valence-electron chi connectivity index (χ3n) is 3.61. The van der Waals surface area contributed by atoms with E-state index in [1.165, 1.54) is 4.90 Å². The summed E-state index contributed by atoms with van der Waals surface area (Å²) in [5.74, 6) is -1.41. The van der Waals surface area contributed by atoms with Crippen molar-refractivity contribution in [2.24, 2.45) is 0 Å². The van der Waals surface area contributed by atoms with Crippen LogP contribution in [0, 0.1) is 13.8 Å². The molecule has 1 heterocycles. The molecule has 5 nitrogen and oxygen atoms in total. The van der Waals surface area contributed by atoms with Crippen LogP contribution in [0.15, 0.2) is 12.1 Å². The Labute approximate surface area is 117 Å². The highest BCUT2D eigenvalue weighted by atomic mass is 16.4. The van der Waals surface area contributed by atoms with Gasteiger partial charge in [-0.05, 0) is 49.9 Å². The van der Waals surface area contributed by atoms with Gasteiger partial charge >= 0.3 is 5.97 Å². The van der Waals surface area contributed by atoms with E-state index in [1.807, 2.05) is 13.8 Å². The van der Waals surface area contributed by atoms with E-state index < -0.39 is 5.97 Å². The van der Waals surface area contributed by atoms with Gasteiger partial charge in [0.15, 0.2) is 0 Å². The number of rotatable bonds is 5. The highest BCUT2D eigenvalue weighted by Gasteiger charge is 2.35. The molecule has 0 atom stereocenters. The van der Waals surface area contributed by atoms with Crippen LogP contribution in [0.2, 0.25) is 0 Å². The predicted octanol–water partition coefficient (Wildman–Crippen LogP) is 2.15. The van der Waals surface area contributed by atoms with E-state index in [4.69, 9.17) is 5.11 Å². The Morgan fingerprint density at radius 1 is 1.05 bits per heavy atom. The zero-order valence-electron chi connectivity index (χ0n) is 11.6. The number of hydrogen-bond donors (Lipinski definition) is 1. The zero-order chi connectivity index (χ0) is 14.9. The molecule has 0 bridgehead atoms. The molecule has 1 aromatic carbocycles. The molecule has 0 fully saturated rings. The summed E-state index contributed by atoms with van der Waals surface area (Å²) in [5, 5.41) is 8.57. The average molecular weight is 275 g/mol. The van der Waals surface area contributed by atoms with Gasteiger partial charge in [-0.1, -0.05) is 0 Å². The number of unbranched alkanes of at least 4 members (excludes halogenated alkanes) is 1. The van der Waals surface area contributed by atoms with Gasteiger partial charge in [0, 0.05) is 13.0 Å². The minimum absolute atomic E-state index is 0.0569. The summed E-state index contributed by atoms with van der Waals surface area (Å²) < 4.78 is 0. The van der Waals surface area contributed by atoms with Crippen molar-refractivity contribution in [3.05, 3.63) is 34.4 Å². The predicted molar refractivity (Wildman–Crippen MR) is 72.8 cm³/mol. The first kappa shape index (κ1) is 14.2. The molecule has 1 N–H and O–H groups in total. The lowest BCUT2D eigenvalue weighted by Gasteiger charge is -2.12. The molecule has 0 aliphatic carbocycles. The highest BCUT2D eigenvalue weighted by Crippen LogP contribution is 2.26. The molecule has 1 aliphatic heterocycles. The number of fused-ring (bicyclic) bond motifs is 1. The molecule has 2 rings (SSSR count). The Balaban J connectivity index is 2.10. The van der Waals surface area contributed by atoms with Crippen molar-refractivity contribution in [3.8, 4) is 0 Å². The molecule has 5 heteroatoms. The van der Waals surface area contributed by atoms with Crippen molar-refractivity contribution >= 4 is 17.8 Å². The SMILES string of the molecule is Cc1cc2c(cc1C)C(=O)N(CCCCC(=O)O)C2=O. The fourth-order valence-corrected chi connectivity index (χ4v) is 2.30. The normalized spacial score (nSPS) is 13.8. The summed E-state index contributed by atoms with van der Waals surface area (Å²) in [6.45, 7) is 4.09. The maximum Gasteiger partial charge on any atom is 0.303 e. The van der Waals surface area contributed by atoms with Gasteiger partial charge in [-0.2, -0.15) is 0 Å². The molecule has 1 aliphatic rings.